The molecule has 0 unspecified atom stereocenters. The van der Waals surface area contributed by atoms with Crippen LogP contribution in [-0.2, 0) is 16.2 Å². The van der Waals surface area contributed by atoms with E-state index >= 15 is 0 Å². The fraction of sp³-hybridized carbons (Fsp3) is 0.0556. The van der Waals surface area contributed by atoms with Crippen LogP contribution in [0, 0.1) is 0 Å². The van der Waals surface area contributed by atoms with Gasteiger partial charge in [0.2, 0.25) is 0 Å². The molecule has 0 amide bonds. The molecule has 6 heterocycles. The third kappa shape index (κ3) is 14.8. The Morgan fingerprint density at radius 1 is 0.185 bits per heavy atom. The first-order valence-electron chi connectivity index (χ1n) is 46.0. The van der Waals surface area contributed by atoms with Gasteiger partial charge in [-0.05, 0) is 169 Å². The number of hydrogen-bond donors (Lipinski definition) is 0. The zero-order chi connectivity index (χ0) is 90.6. The summed E-state index contributed by atoms with van der Waals surface area (Å²) in [6, 6.07) is 152. The van der Waals surface area contributed by atoms with Crippen molar-refractivity contribution in [3.8, 4) is 168 Å². The van der Waals surface area contributed by atoms with Crippen LogP contribution in [0.3, 0.4) is 0 Å². The molecule has 9 heteroatoms. The second-order valence-electron chi connectivity index (χ2n) is 35.8. The molecule has 0 bridgehead atoms. The molecule has 0 atom stereocenters. The van der Waals surface area contributed by atoms with Gasteiger partial charge in [0.25, 0.3) is 0 Å². The van der Waals surface area contributed by atoms with Gasteiger partial charge in [0.05, 0.1) is 39.6 Å². The molecule has 25 rings (SSSR count). The monoisotopic (exact) mass is 1730 g/mol. The van der Waals surface area contributed by atoms with Crippen LogP contribution < -0.4 is 0 Å². The molecule has 0 aliphatic heterocycles. The Morgan fingerprint density at radius 2 is 0.504 bits per heavy atom. The summed E-state index contributed by atoms with van der Waals surface area (Å²) in [7, 11) is 0. The first-order chi connectivity index (χ1) is 66.5. The molecule has 0 N–H and O–H groups in total. The van der Waals surface area contributed by atoms with Crippen LogP contribution in [0.25, 0.3) is 190 Å². The minimum absolute atomic E-state index is 0.120. The largest absolute Gasteiger partial charge is 0.264 e. The molecule has 22 aromatic rings. The molecule has 0 spiro atoms. The Bertz CT molecular complexity index is 8170. The Kier molecular flexibility index (Phi) is 21.0. The second kappa shape index (κ2) is 34.5. The van der Waals surface area contributed by atoms with Gasteiger partial charge < -0.3 is 0 Å². The van der Waals surface area contributed by atoms with Crippen molar-refractivity contribution in [1.29, 1.82) is 0 Å². The summed E-state index contributed by atoms with van der Waals surface area (Å²) in [5, 5.41) is 5.12. The molecule has 638 valence electrons. The van der Waals surface area contributed by atoms with E-state index < -0.39 is 5.41 Å². The van der Waals surface area contributed by atoms with Crippen molar-refractivity contribution in [3.05, 3.63) is 512 Å². The van der Waals surface area contributed by atoms with E-state index in [2.05, 4.69) is 437 Å². The summed E-state index contributed by atoms with van der Waals surface area (Å²) < 4.78 is 0. The highest BCUT2D eigenvalue weighted by Gasteiger charge is 2.48. The fourth-order valence-corrected chi connectivity index (χ4v) is 20.8. The van der Waals surface area contributed by atoms with E-state index in [1.54, 1.807) is 18.6 Å². The van der Waals surface area contributed by atoms with Gasteiger partial charge in [-0.15, -0.1) is 0 Å². The van der Waals surface area contributed by atoms with Crippen LogP contribution in [-0.4, -0.2) is 44.9 Å². The lowest BCUT2D eigenvalue weighted by Gasteiger charge is -2.33. The fourth-order valence-electron chi connectivity index (χ4n) is 20.8. The Balaban J connectivity index is 0.000000114. The summed E-state index contributed by atoms with van der Waals surface area (Å²) in [5.74, 6) is 2.11. The van der Waals surface area contributed by atoms with Gasteiger partial charge in [0.1, 0.15) is 0 Å². The second-order valence-corrected chi connectivity index (χ2v) is 35.8. The van der Waals surface area contributed by atoms with Gasteiger partial charge in [-0.2, -0.15) is 0 Å². The van der Waals surface area contributed by atoms with E-state index in [9.17, 15) is 0 Å². The highest BCUT2D eigenvalue weighted by Crippen LogP contribution is 2.60. The summed E-state index contributed by atoms with van der Waals surface area (Å²) in [4.78, 5) is 44.0. The number of benzene rings is 16. The molecule has 135 heavy (non-hydrogen) atoms. The SMILES string of the molecule is CC1(C)c2cccc(-c3cc(-c4ccccc4)nc(-c4ccc(-c5cccnc5)cc4)n3)c2-c2c1ccc1ccccc21.CC1(C)c2cccc(-c3cc(-c4ccccc4)nc(-c4ccc(-c5cccnc5)cc4)n3)c2-c2ccc3ccccc3c21.c1ccc(-c2cc(-c3cccc4c3-c3ccccc3C4(c3ccccc3)c3ccccc3)nc(-c3ccc(-c4cccnc4)cc3)n2)cc1. The van der Waals surface area contributed by atoms with Crippen LogP contribution in [0.2, 0.25) is 0 Å². The molecule has 9 nitrogen and oxygen atoms in total. The molecule has 0 saturated heterocycles. The number of aromatic nitrogens is 9. The molecule has 6 aromatic heterocycles. The van der Waals surface area contributed by atoms with Crippen LogP contribution in [0.5, 0.6) is 0 Å². The molecule has 16 aromatic carbocycles. The minimum atomic E-state index is -0.481. The van der Waals surface area contributed by atoms with E-state index in [-0.39, 0.29) is 10.8 Å². The number of rotatable bonds is 14. The zero-order valence-corrected chi connectivity index (χ0v) is 75.0. The lowest BCUT2D eigenvalue weighted by atomic mass is 9.67. The Morgan fingerprint density at radius 3 is 0.941 bits per heavy atom. The molecule has 0 saturated carbocycles. The number of nitrogens with zero attached hydrogens (tertiary/aromatic N) is 9. The molecule has 0 radical (unpaired) electrons. The maximum atomic E-state index is 5.32. The van der Waals surface area contributed by atoms with E-state index in [1.165, 1.54) is 99.4 Å². The van der Waals surface area contributed by atoms with Crippen LogP contribution >= 0.6 is 0 Å². The summed E-state index contributed by atoms with van der Waals surface area (Å²) in [6.45, 7) is 9.36. The van der Waals surface area contributed by atoms with Crippen LogP contribution in [0.4, 0.5) is 0 Å². The number of pyridine rings is 3. The van der Waals surface area contributed by atoms with Crippen molar-refractivity contribution in [2.24, 2.45) is 0 Å². The van der Waals surface area contributed by atoms with Crippen LogP contribution in [0.15, 0.2) is 468 Å². The van der Waals surface area contributed by atoms with E-state index in [0.717, 1.165) is 118 Å². The van der Waals surface area contributed by atoms with E-state index in [4.69, 9.17) is 29.9 Å². The molecule has 3 aliphatic rings. The van der Waals surface area contributed by atoms with Gasteiger partial charge in [0, 0.05) is 98.1 Å². The van der Waals surface area contributed by atoms with E-state index in [1.807, 2.05) is 55.0 Å². The van der Waals surface area contributed by atoms with Crippen molar-refractivity contribution in [1.82, 2.24) is 44.9 Å². The van der Waals surface area contributed by atoms with Crippen molar-refractivity contribution >= 4 is 21.5 Å². The normalized spacial score (nSPS) is 12.9. The number of hydrogen-bond acceptors (Lipinski definition) is 9. The summed E-state index contributed by atoms with van der Waals surface area (Å²) in [6.07, 6.45) is 11.1. The summed E-state index contributed by atoms with van der Waals surface area (Å²) in [5.41, 5.74) is 38.7. The molecular formula is C126H89N9. The van der Waals surface area contributed by atoms with Gasteiger partial charge >= 0.3 is 0 Å². The van der Waals surface area contributed by atoms with E-state index in [0.29, 0.717) is 17.5 Å². The predicted molar refractivity (Wildman–Crippen MR) is 552 cm³/mol. The predicted octanol–water partition coefficient (Wildman–Crippen LogP) is 30.9. The van der Waals surface area contributed by atoms with Crippen molar-refractivity contribution < 1.29 is 0 Å². The number of fused-ring (bicyclic) bond motifs is 13. The third-order valence-electron chi connectivity index (χ3n) is 27.3. The topological polar surface area (TPSA) is 116 Å². The average Bonchev–Trinajstić information content (AvgIpc) is 1.53. The van der Waals surface area contributed by atoms with Crippen molar-refractivity contribution in [2.75, 3.05) is 0 Å². The quantitative estimate of drug-likeness (QED) is 0.105. The highest BCUT2D eigenvalue weighted by molar-refractivity contribution is 6.07. The molecular weight excluding hydrogens is 1640 g/mol. The first-order valence-corrected chi connectivity index (χ1v) is 46.0. The summed E-state index contributed by atoms with van der Waals surface area (Å²) >= 11 is 0. The van der Waals surface area contributed by atoms with Gasteiger partial charge in [-0.25, -0.2) is 29.9 Å². The standard InChI is InChI=1S/C46H31N3.2C40H29N3/c1-4-14-33(15-5-1)42-30-43(49-45(48-42)34-27-25-32(26-28-34)35-16-13-29-47-31-35)39-22-12-24-41-44(39)38-21-10-11-23-40(38)46(41,36-17-6-2-7-18-36)37-19-8-3-9-20-37;1-40(2)34-16-8-15-32(37(34)33-22-21-27-10-6-7-14-31(27)38(33)40)36-24-35(28-11-4-3-5-12-28)42-39(43-36)29-19-17-26(18-20-29)30-13-9-23-41-25-30;1-40(2)33-16-8-15-32(38(33)37-31-14-7-6-10-27(31)21-22-34(37)40)36-24-35(28-11-4-3-5-12-28)42-39(43-36)29-19-17-26(18-20-29)30-13-9-23-41-25-30/h1-31H;2*3-25H,1-2H3. The molecule has 0 fully saturated rings. The van der Waals surface area contributed by atoms with Gasteiger partial charge in [0.15, 0.2) is 17.5 Å². The first kappa shape index (κ1) is 82.2. The highest BCUT2D eigenvalue weighted by atomic mass is 14.9. The van der Waals surface area contributed by atoms with Gasteiger partial charge in [-0.1, -0.05) is 422 Å². The smallest absolute Gasteiger partial charge is 0.160 e. The Hall–Kier alpha value is -17.3. The minimum Gasteiger partial charge on any atom is -0.264 e. The zero-order valence-electron chi connectivity index (χ0n) is 75.0. The van der Waals surface area contributed by atoms with Crippen molar-refractivity contribution in [3.63, 3.8) is 0 Å². The van der Waals surface area contributed by atoms with Crippen molar-refractivity contribution in [2.45, 2.75) is 43.9 Å². The maximum Gasteiger partial charge on any atom is 0.160 e. The van der Waals surface area contributed by atoms with Gasteiger partial charge in [-0.3, -0.25) is 15.0 Å². The lowest BCUT2D eigenvalue weighted by Crippen LogP contribution is -2.28. The lowest BCUT2D eigenvalue weighted by molar-refractivity contribution is 0.661. The average molecular weight is 1730 g/mol. The molecule has 3 aliphatic carbocycles. The third-order valence-corrected chi connectivity index (χ3v) is 27.3. The Labute approximate surface area is 785 Å². The maximum absolute atomic E-state index is 5.32. The van der Waals surface area contributed by atoms with Crippen LogP contribution in [0.1, 0.15) is 72.2 Å².